The highest BCUT2D eigenvalue weighted by molar-refractivity contribution is 7.93. The second-order valence-corrected chi connectivity index (χ2v) is 10.1. The van der Waals surface area contributed by atoms with Crippen molar-refractivity contribution in [2.45, 2.75) is 18.7 Å². The molecule has 3 heterocycles. The van der Waals surface area contributed by atoms with Gasteiger partial charge in [0.25, 0.3) is 10.0 Å². The zero-order valence-corrected chi connectivity index (χ0v) is 21.5. The number of aromatic nitrogens is 3. The van der Waals surface area contributed by atoms with Crippen molar-refractivity contribution in [3.8, 4) is 11.1 Å². The molecule has 0 saturated carbocycles. The van der Waals surface area contributed by atoms with E-state index in [1.807, 2.05) is 12.1 Å². The zero-order valence-electron chi connectivity index (χ0n) is 18.4. The third-order valence-electron chi connectivity index (χ3n) is 5.53. The Labute approximate surface area is 209 Å². The molecule has 0 radical (unpaired) electrons. The topological polar surface area (TPSA) is 92.1 Å². The summed E-state index contributed by atoms with van der Waals surface area (Å²) in [4.78, 5) is 6.51. The van der Waals surface area contributed by atoms with E-state index in [4.69, 9.17) is 23.2 Å². The van der Waals surface area contributed by atoms with Crippen molar-refractivity contribution in [2.24, 2.45) is 7.05 Å². The molecule has 1 aliphatic rings. The first-order valence-corrected chi connectivity index (χ1v) is 12.4. The van der Waals surface area contributed by atoms with E-state index >= 15 is 0 Å². The fraction of sp³-hybridized carbons (Fsp3) is 0.333. The van der Waals surface area contributed by atoms with Crippen LogP contribution < -0.4 is 14.9 Å². The standard InChI is InChI=1S/C21H24Cl2N6O2S.ClH/c1-13-20(14(2)28(3)26-13)27-32(30,31)21-17(22)10-16(11-18(21)23)15-4-5-25-19(12-15)29-8-6-24-7-9-29;/h4-5,10-12,24,27H,6-9H2,1-3H3;1H. The van der Waals surface area contributed by atoms with Crippen LogP contribution in [0.25, 0.3) is 11.1 Å². The molecule has 0 spiro atoms. The molecule has 1 saturated heterocycles. The van der Waals surface area contributed by atoms with Gasteiger partial charge in [-0.1, -0.05) is 23.2 Å². The summed E-state index contributed by atoms with van der Waals surface area (Å²) < 4.78 is 30.4. The minimum absolute atomic E-state index is 0. The molecule has 3 aromatic rings. The predicted octanol–water partition coefficient (Wildman–Crippen LogP) is 4.04. The van der Waals surface area contributed by atoms with Gasteiger partial charge < -0.3 is 10.2 Å². The molecule has 8 nitrogen and oxygen atoms in total. The highest BCUT2D eigenvalue weighted by Crippen LogP contribution is 2.37. The monoisotopic (exact) mass is 530 g/mol. The van der Waals surface area contributed by atoms with Gasteiger partial charge in [-0.05, 0) is 49.2 Å². The first-order chi connectivity index (χ1) is 15.2. The van der Waals surface area contributed by atoms with Crippen molar-refractivity contribution in [1.29, 1.82) is 0 Å². The average Bonchev–Trinajstić information content (AvgIpc) is 2.99. The Bertz CT molecular complexity index is 1250. The lowest BCUT2D eigenvalue weighted by Gasteiger charge is -2.28. The SMILES string of the molecule is Cc1nn(C)c(C)c1NS(=O)(=O)c1c(Cl)cc(-c2ccnc(N3CCNCC3)c2)cc1Cl.Cl. The van der Waals surface area contributed by atoms with Gasteiger partial charge in [-0.3, -0.25) is 9.40 Å². The Kier molecular flexibility index (Phi) is 7.80. The summed E-state index contributed by atoms with van der Waals surface area (Å²) in [5, 5.41) is 7.65. The number of piperazine rings is 1. The van der Waals surface area contributed by atoms with Crippen LogP contribution in [0.15, 0.2) is 35.4 Å². The van der Waals surface area contributed by atoms with Crippen LogP contribution in [0.2, 0.25) is 10.0 Å². The lowest BCUT2D eigenvalue weighted by molar-refractivity contribution is 0.585. The molecule has 2 aromatic heterocycles. The highest BCUT2D eigenvalue weighted by atomic mass is 35.5. The number of hydrogen-bond acceptors (Lipinski definition) is 6. The van der Waals surface area contributed by atoms with Gasteiger partial charge in [-0.15, -0.1) is 12.4 Å². The minimum atomic E-state index is -4.03. The lowest BCUT2D eigenvalue weighted by Crippen LogP contribution is -2.43. The first-order valence-electron chi connectivity index (χ1n) is 10.1. The molecule has 1 aromatic carbocycles. The lowest BCUT2D eigenvalue weighted by atomic mass is 10.1. The summed E-state index contributed by atoms with van der Waals surface area (Å²) in [7, 11) is -2.28. The van der Waals surface area contributed by atoms with Crippen LogP contribution >= 0.6 is 35.6 Å². The van der Waals surface area contributed by atoms with Gasteiger partial charge >= 0.3 is 0 Å². The fourth-order valence-corrected chi connectivity index (χ4v) is 6.15. The van der Waals surface area contributed by atoms with E-state index in [9.17, 15) is 8.42 Å². The maximum Gasteiger partial charge on any atom is 0.264 e. The maximum absolute atomic E-state index is 13.1. The van der Waals surface area contributed by atoms with Crippen molar-refractivity contribution in [1.82, 2.24) is 20.1 Å². The van der Waals surface area contributed by atoms with Gasteiger partial charge in [0.2, 0.25) is 0 Å². The van der Waals surface area contributed by atoms with Crippen LogP contribution in [0.5, 0.6) is 0 Å². The molecule has 0 amide bonds. The van der Waals surface area contributed by atoms with Crippen LogP contribution in [0.4, 0.5) is 11.5 Å². The van der Waals surface area contributed by atoms with Gasteiger partial charge in [-0.2, -0.15) is 5.10 Å². The highest BCUT2D eigenvalue weighted by Gasteiger charge is 2.26. The molecule has 1 aliphatic heterocycles. The first kappa shape index (κ1) is 25.6. The third-order valence-corrected chi connectivity index (χ3v) is 7.80. The summed E-state index contributed by atoms with van der Waals surface area (Å²) in [5.41, 5.74) is 3.24. The fourth-order valence-electron chi connectivity index (χ4n) is 3.75. The summed E-state index contributed by atoms with van der Waals surface area (Å²) in [6.45, 7) is 7.06. The van der Waals surface area contributed by atoms with Crippen molar-refractivity contribution in [3.05, 3.63) is 51.9 Å². The van der Waals surface area contributed by atoms with Crippen LogP contribution in [0.1, 0.15) is 11.4 Å². The molecule has 12 heteroatoms. The van der Waals surface area contributed by atoms with E-state index < -0.39 is 10.0 Å². The Hall–Kier alpha value is -2.04. The molecule has 2 N–H and O–H groups in total. The Morgan fingerprint density at radius 3 is 2.27 bits per heavy atom. The molecule has 1 fully saturated rings. The maximum atomic E-state index is 13.1. The molecule has 33 heavy (non-hydrogen) atoms. The Balaban J connectivity index is 0.00000306. The summed E-state index contributed by atoms with van der Waals surface area (Å²) in [6.07, 6.45) is 1.73. The van der Waals surface area contributed by atoms with E-state index in [1.165, 1.54) is 0 Å². The number of sulfonamides is 1. The average molecular weight is 532 g/mol. The van der Waals surface area contributed by atoms with E-state index in [0.717, 1.165) is 37.6 Å². The number of pyridine rings is 1. The summed E-state index contributed by atoms with van der Waals surface area (Å²) >= 11 is 12.9. The molecule has 0 atom stereocenters. The number of halogens is 3. The van der Waals surface area contributed by atoms with Crippen LogP contribution in [-0.4, -0.2) is 49.4 Å². The summed E-state index contributed by atoms with van der Waals surface area (Å²) in [5.74, 6) is 0.858. The number of nitrogens with zero attached hydrogens (tertiary/aromatic N) is 4. The van der Waals surface area contributed by atoms with E-state index in [1.54, 1.807) is 43.9 Å². The van der Waals surface area contributed by atoms with E-state index in [2.05, 4.69) is 25.0 Å². The molecule has 0 aliphatic carbocycles. The van der Waals surface area contributed by atoms with Crippen LogP contribution in [-0.2, 0) is 17.1 Å². The molecule has 0 unspecified atom stereocenters. The van der Waals surface area contributed by atoms with Gasteiger partial charge in [0, 0.05) is 39.4 Å². The van der Waals surface area contributed by atoms with Gasteiger partial charge in [0.15, 0.2) is 0 Å². The van der Waals surface area contributed by atoms with Gasteiger partial charge in [0.1, 0.15) is 10.7 Å². The van der Waals surface area contributed by atoms with Crippen molar-refractivity contribution >= 4 is 57.1 Å². The summed E-state index contributed by atoms with van der Waals surface area (Å²) in [6, 6.07) is 7.04. The molecule has 0 bridgehead atoms. The second kappa shape index (κ2) is 10.1. The van der Waals surface area contributed by atoms with Crippen molar-refractivity contribution in [2.75, 3.05) is 35.8 Å². The van der Waals surface area contributed by atoms with Crippen LogP contribution in [0.3, 0.4) is 0 Å². The van der Waals surface area contributed by atoms with Crippen molar-refractivity contribution < 1.29 is 8.42 Å². The van der Waals surface area contributed by atoms with E-state index in [0.29, 0.717) is 22.6 Å². The molecular weight excluding hydrogens is 507 g/mol. The van der Waals surface area contributed by atoms with E-state index in [-0.39, 0.29) is 27.3 Å². The van der Waals surface area contributed by atoms with Gasteiger partial charge in [0.05, 0.1) is 27.1 Å². The van der Waals surface area contributed by atoms with Crippen LogP contribution in [0, 0.1) is 13.8 Å². The number of aryl methyl sites for hydroxylation is 2. The number of rotatable bonds is 5. The number of hydrogen-bond donors (Lipinski definition) is 2. The smallest absolute Gasteiger partial charge is 0.264 e. The quantitative estimate of drug-likeness (QED) is 0.516. The molecular formula is C21H25Cl3N6O2S. The number of benzene rings is 1. The number of anilines is 2. The molecule has 178 valence electrons. The third kappa shape index (κ3) is 5.22. The minimum Gasteiger partial charge on any atom is -0.354 e. The zero-order chi connectivity index (χ0) is 23.0. The molecule has 4 rings (SSSR count). The van der Waals surface area contributed by atoms with Crippen molar-refractivity contribution in [3.63, 3.8) is 0 Å². The Morgan fingerprint density at radius 2 is 1.70 bits per heavy atom. The van der Waals surface area contributed by atoms with Gasteiger partial charge in [-0.25, -0.2) is 13.4 Å². The Morgan fingerprint density at radius 1 is 1.06 bits per heavy atom. The predicted molar refractivity (Wildman–Crippen MR) is 136 cm³/mol. The normalized spacial score (nSPS) is 14.2. The largest absolute Gasteiger partial charge is 0.354 e. The number of nitrogens with one attached hydrogen (secondary N) is 2. The second-order valence-electron chi connectivity index (χ2n) is 7.68.